The number of hydrogen-bond donors (Lipinski definition) is 2. The first kappa shape index (κ1) is 30.7. The molecule has 7 nitrogen and oxygen atoms in total. The number of carboxylic acid groups (broad SMARTS) is 1. The Morgan fingerprint density at radius 2 is 1.68 bits per heavy atom. The molecule has 1 heterocycles. The highest BCUT2D eigenvalue weighted by atomic mass is 16.4. The second-order valence-electron chi connectivity index (χ2n) is 14.0. The van der Waals surface area contributed by atoms with Crippen molar-refractivity contribution in [2.75, 3.05) is 13.1 Å². The Hall–Kier alpha value is -3.22. The van der Waals surface area contributed by atoms with Crippen molar-refractivity contribution in [1.82, 2.24) is 10.2 Å². The molecule has 2 aliphatic carbocycles. The number of hydrogen-bond acceptors (Lipinski definition) is 4. The van der Waals surface area contributed by atoms with E-state index in [2.05, 4.69) is 59.0 Å². The van der Waals surface area contributed by atoms with E-state index in [1.54, 1.807) is 0 Å². The maximum absolute atomic E-state index is 14.0. The third-order valence-corrected chi connectivity index (χ3v) is 9.11. The van der Waals surface area contributed by atoms with E-state index in [0.29, 0.717) is 30.2 Å². The topological polar surface area (TPSA) is 99.1 Å². The molecule has 0 aromatic heterocycles. The third-order valence-electron chi connectivity index (χ3n) is 9.11. The lowest BCUT2D eigenvalue weighted by molar-refractivity contribution is -0.137. The van der Waals surface area contributed by atoms with Crippen molar-refractivity contribution in [3.8, 4) is 0 Å². The zero-order valence-corrected chi connectivity index (χ0v) is 25.7. The summed E-state index contributed by atoms with van der Waals surface area (Å²) >= 11 is 0. The van der Waals surface area contributed by atoms with E-state index in [-0.39, 0.29) is 35.6 Å². The molecule has 2 amide bonds. The minimum Gasteiger partial charge on any atom is -0.481 e. The summed E-state index contributed by atoms with van der Waals surface area (Å²) in [6, 6.07) is 8.33. The van der Waals surface area contributed by atoms with E-state index < -0.39 is 11.6 Å². The van der Waals surface area contributed by atoms with Crippen molar-refractivity contribution in [3.05, 3.63) is 58.7 Å². The van der Waals surface area contributed by atoms with E-state index in [1.807, 2.05) is 29.2 Å². The Morgan fingerprint density at radius 3 is 2.22 bits per heavy atom. The Labute approximate surface area is 245 Å². The Bertz CT molecular complexity index is 1250. The van der Waals surface area contributed by atoms with Crippen LogP contribution in [0, 0.1) is 11.3 Å². The summed E-state index contributed by atoms with van der Waals surface area (Å²) in [5, 5.41) is 11.5. The fraction of sp³-hybridized carbons (Fsp3) is 0.588. The number of rotatable bonds is 8. The number of aliphatic imine (C=N–C) groups is 1. The lowest BCUT2D eigenvalue weighted by Gasteiger charge is -2.45. The first-order chi connectivity index (χ1) is 19.2. The highest BCUT2D eigenvalue weighted by Crippen LogP contribution is 2.47. The highest BCUT2D eigenvalue weighted by Gasteiger charge is 2.49. The zero-order valence-electron chi connectivity index (χ0n) is 25.7. The standard InChI is InChI=1S/C34H47N3O4/c1-32(2,3)26-13-11-24(12-14-26)29-31(41)37(34(36-29)19-15-27(16-20-34)33(4,5)6)22-18-23-7-9-25(10-8-23)30(40)35-21-17-28(38)39/h7,9,11-14,27H,8,10,15-22H2,1-6H3,(H,35,40)(H,38,39). The highest BCUT2D eigenvalue weighted by molar-refractivity contribution is 6.46. The van der Waals surface area contributed by atoms with Gasteiger partial charge in [0, 0.05) is 24.2 Å². The predicted molar refractivity (Wildman–Crippen MR) is 163 cm³/mol. The zero-order chi connectivity index (χ0) is 30.0. The van der Waals surface area contributed by atoms with Crippen LogP contribution in [0.5, 0.6) is 0 Å². The third kappa shape index (κ3) is 7.17. The molecule has 0 saturated heterocycles. The summed E-state index contributed by atoms with van der Waals surface area (Å²) in [4.78, 5) is 44.3. The predicted octanol–water partition coefficient (Wildman–Crippen LogP) is 6.18. The molecular weight excluding hydrogens is 514 g/mol. The van der Waals surface area contributed by atoms with Crippen molar-refractivity contribution >= 4 is 23.5 Å². The molecule has 1 aromatic rings. The maximum atomic E-state index is 14.0. The molecule has 41 heavy (non-hydrogen) atoms. The van der Waals surface area contributed by atoms with Gasteiger partial charge in [-0.15, -0.1) is 0 Å². The van der Waals surface area contributed by atoms with Crippen LogP contribution in [0.4, 0.5) is 0 Å². The van der Waals surface area contributed by atoms with Gasteiger partial charge < -0.3 is 15.3 Å². The average Bonchev–Trinajstić information content (AvgIpc) is 3.17. The normalized spacial score (nSPS) is 23.3. The molecule has 0 radical (unpaired) electrons. The molecule has 0 bridgehead atoms. The molecule has 1 aromatic carbocycles. The molecule has 1 saturated carbocycles. The molecular formula is C34H47N3O4. The number of amides is 2. The minimum atomic E-state index is -0.930. The van der Waals surface area contributed by atoms with Crippen LogP contribution in [0.1, 0.15) is 104 Å². The summed E-state index contributed by atoms with van der Waals surface area (Å²) in [5.41, 5.74) is 4.37. The summed E-state index contributed by atoms with van der Waals surface area (Å²) < 4.78 is 0. The van der Waals surface area contributed by atoms with Crippen LogP contribution in [0.25, 0.3) is 0 Å². The van der Waals surface area contributed by atoms with Crippen molar-refractivity contribution in [1.29, 1.82) is 0 Å². The number of carbonyl (C=O) groups is 3. The summed E-state index contributed by atoms with van der Waals surface area (Å²) in [6.45, 7) is 14.2. The van der Waals surface area contributed by atoms with Crippen LogP contribution < -0.4 is 5.32 Å². The second kappa shape index (κ2) is 11.9. The minimum absolute atomic E-state index is 0.0215. The van der Waals surface area contributed by atoms with Gasteiger partial charge >= 0.3 is 5.97 Å². The van der Waals surface area contributed by atoms with Crippen molar-refractivity contribution in [3.63, 3.8) is 0 Å². The van der Waals surface area contributed by atoms with Gasteiger partial charge in [0.1, 0.15) is 11.4 Å². The summed E-state index contributed by atoms with van der Waals surface area (Å²) in [7, 11) is 0. The second-order valence-corrected chi connectivity index (χ2v) is 14.0. The van der Waals surface area contributed by atoms with Gasteiger partial charge in [0.25, 0.3) is 5.91 Å². The van der Waals surface area contributed by atoms with Crippen LogP contribution in [0.15, 0.2) is 52.6 Å². The molecule has 3 aliphatic rings. The first-order valence-electron chi connectivity index (χ1n) is 15.1. The van der Waals surface area contributed by atoms with Crippen LogP contribution >= 0.6 is 0 Å². The summed E-state index contributed by atoms with van der Waals surface area (Å²) in [6.07, 6.45) is 9.71. The number of benzene rings is 1. The van der Waals surface area contributed by atoms with Gasteiger partial charge in [0.15, 0.2) is 0 Å². The average molecular weight is 562 g/mol. The van der Waals surface area contributed by atoms with Gasteiger partial charge in [0.2, 0.25) is 5.91 Å². The Balaban J connectivity index is 1.50. The van der Waals surface area contributed by atoms with Gasteiger partial charge in [0.05, 0.1) is 6.42 Å². The molecule has 1 aliphatic heterocycles. The number of carboxylic acids is 1. The number of nitrogens with zero attached hydrogens (tertiary/aromatic N) is 2. The van der Waals surface area contributed by atoms with Crippen LogP contribution in [0.2, 0.25) is 0 Å². The number of aliphatic carboxylic acids is 1. The molecule has 4 rings (SSSR count). The van der Waals surface area contributed by atoms with Gasteiger partial charge in [-0.1, -0.05) is 83.5 Å². The fourth-order valence-corrected chi connectivity index (χ4v) is 6.32. The molecule has 222 valence electrons. The molecule has 7 heteroatoms. The Kier molecular flexibility index (Phi) is 8.95. The van der Waals surface area contributed by atoms with Crippen molar-refractivity contribution in [2.24, 2.45) is 16.3 Å². The molecule has 0 atom stereocenters. The van der Waals surface area contributed by atoms with E-state index >= 15 is 0 Å². The first-order valence-corrected chi connectivity index (χ1v) is 15.1. The lowest BCUT2D eigenvalue weighted by Crippen LogP contribution is -2.50. The molecule has 1 spiro atoms. The van der Waals surface area contributed by atoms with E-state index in [4.69, 9.17) is 10.1 Å². The van der Waals surface area contributed by atoms with Gasteiger partial charge in [-0.25, -0.2) is 0 Å². The maximum Gasteiger partial charge on any atom is 0.305 e. The van der Waals surface area contributed by atoms with Gasteiger partial charge in [-0.3, -0.25) is 19.4 Å². The Morgan fingerprint density at radius 1 is 1.02 bits per heavy atom. The van der Waals surface area contributed by atoms with Gasteiger partial charge in [-0.05, 0) is 67.3 Å². The van der Waals surface area contributed by atoms with Crippen LogP contribution in [0.3, 0.4) is 0 Å². The number of nitrogens with one attached hydrogen (secondary N) is 1. The van der Waals surface area contributed by atoms with E-state index in [0.717, 1.165) is 44.1 Å². The van der Waals surface area contributed by atoms with Gasteiger partial charge in [-0.2, -0.15) is 0 Å². The van der Waals surface area contributed by atoms with Crippen LogP contribution in [-0.2, 0) is 19.8 Å². The molecule has 1 fully saturated rings. The molecule has 0 unspecified atom stereocenters. The number of carbonyl (C=O) groups excluding carboxylic acids is 2. The van der Waals surface area contributed by atoms with Crippen molar-refractivity contribution < 1.29 is 19.5 Å². The lowest BCUT2D eigenvalue weighted by atomic mass is 9.69. The monoisotopic (exact) mass is 561 g/mol. The van der Waals surface area contributed by atoms with Crippen molar-refractivity contribution in [2.45, 2.75) is 104 Å². The van der Waals surface area contributed by atoms with E-state index in [9.17, 15) is 14.4 Å². The largest absolute Gasteiger partial charge is 0.481 e. The SMILES string of the molecule is CC(C)(C)c1ccc(C2=NC3(CCC(C(C)(C)C)CC3)N(CCC3=CC=C(C(=O)NCCC(=O)O)CC3)C2=O)cc1. The molecule has 2 N–H and O–H groups in total. The quantitative estimate of drug-likeness (QED) is 0.396. The smallest absolute Gasteiger partial charge is 0.305 e. The van der Waals surface area contributed by atoms with Crippen LogP contribution in [-0.4, -0.2) is 52.3 Å². The summed E-state index contributed by atoms with van der Waals surface area (Å²) in [5.74, 6) is -0.503. The number of allylic oxidation sites excluding steroid dienone is 2. The fourth-order valence-electron chi connectivity index (χ4n) is 6.32. The van der Waals surface area contributed by atoms with E-state index in [1.165, 1.54) is 11.1 Å².